The predicted octanol–water partition coefficient (Wildman–Crippen LogP) is 0.801. The maximum absolute atomic E-state index is 6.51. The molecule has 2 N–H and O–H groups in total. The van der Waals surface area contributed by atoms with Crippen LogP contribution in [-0.4, -0.2) is 10.1 Å². The van der Waals surface area contributed by atoms with E-state index in [4.69, 9.17) is 10.8 Å². The van der Waals surface area contributed by atoms with Crippen LogP contribution in [0.4, 0.5) is 0 Å². The highest BCUT2D eigenvalue weighted by atomic mass is 32.1. The summed E-state index contributed by atoms with van der Waals surface area (Å²) in [6.07, 6.45) is 0. The zero-order chi connectivity index (χ0) is 5.15. The molecule has 0 heterocycles. The number of nitrogens with one attached hydrogen (secondary N) is 2. The van der Waals surface area contributed by atoms with E-state index in [0.717, 1.165) is 0 Å². The van der Waals surface area contributed by atoms with Gasteiger partial charge in [0.25, 0.3) is 0 Å². The molecule has 0 saturated carbocycles. The van der Waals surface area contributed by atoms with Crippen LogP contribution in [0, 0.1) is 10.8 Å². The van der Waals surface area contributed by atoms with E-state index in [1.165, 1.54) is 0 Å². The minimum Gasteiger partial charge on any atom is -0.292 e. The first kappa shape index (κ1) is 6.04. The summed E-state index contributed by atoms with van der Waals surface area (Å²) in [6, 6.07) is 0. The maximum Gasteiger partial charge on any atom is 0.116 e. The predicted molar refractivity (Wildman–Crippen MR) is 33.4 cm³/mol. The molecule has 0 aromatic rings. The van der Waals surface area contributed by atoms with Crippen molar-refractivity contribution in [3.05, 3.63) is 0 Å². The summed E-state index contributed by atoms with van der Waals surface area (Å²) >= 11 is 6.95. The number of thiol groups is 2. The Balaban J connectivity index is 3.57. The average Bonchev–Trinajstić information content (AvgIpc) is 1.36. The van der Waals surface area contributed by atoms with E-state index < -0.39 is 0 Å². The van der Waals surface area contributed by atoms with Gasteiger partial charge in [0.1, 0.15) is 10.1 Å². The van der Waals surface area contributed by atoms with Crippen molar-refractivity contribution in [2.45, 2.75) is 0 Å². The lowest BCUT2D eigenvalue weighted by atomic mass is 10.8. The van der Waals surface area contributed by atoms with E-state index in [9.17, 15) is 0 Å². The van der Waals surface area contributed by atoms with Gasteiger partial charge in [-0.1, -0.05) is 0 Å². The molecule has 0 rings (SSSR count). The molecule has 0 aliphatic carbocycles. The topological polar surface area (TPSA) is 47.7 Å². The standard InChI is InChI=1S/C2H4N2S2/c3-1(5)2(4)6/h(H2,3,5)(H2,4,6). The molecule has 0 atom stereocenters. The zero-order valence-corrected chi connectivity index (χ0v) is 4.68. The van der Waals surface area contributed by atoms with E-state index in [2.05, 4.69) is 25.3 Å². The van der Waals surface area contributed by atoms with Gasteiger partial charge in [0.2, 0.25) is 0 Å². The second kappa shape index (κ2) is 2.25. The third kappa shape index (κ3) is 2.29. The number of hydrogen-bond acceptors (Lipinski definition) is 2. The Kier molecular flexibility index (Phi) is 2.27. The van der Waals surface area contributed by atoms with Crippen LogP contribution in [-0.2, 0) is 0 Å². The summed E-state index contributed by atoms with van der Waals surface area (Å²) in [6.45, 7) is 0. The summed E-state index contributed by atoms with van der Waals surface area (Å²) in [4.78, 5) is 0. The Hall–Kier alpha value is 0.0400. The van der Waals surface area contributed by atoms with Crippen molar-refractivity contribution in [1.82, 2.24) is 0 Å². The molecular formula is C2H4N2S2. The van der Waals surface area contributed by atoms with Gasteiger partial charge in [0.15, 0.2) is 0 Å². The van der Waals surface area contributed by atoms with E-state index in [1.54, 1.807) is 0 Å². The number of hydrogen-bond donors (Lipinski definition) is 4. The number of rotatable bonds is 1. The van der Waals surface area contributed by atoms with Crippen LogP contribution in [0.25, 0.3) is 0 Å². The van der Waals surface area contributed by atoms with Gasteiger partial charge in [-0.25, -0.2) is 0 Å². The fourth-order valence-corrected chi connectivity index (χ4v) is 0. The minimum absolute atomic E-state index is 0.0988. The van der Waals surface area contributed by atoms with Crippen molar-refractivity contribution in [2.24, 2.45) is 0 Å². The second-order valence-corrected chi connectivity index (χ2v) is 1.59. The van der Waals surface area contributed by atoms with E-state index >= 15 is 0 Å². The molecule has 0 saturated heterocycles. The van der Waals surface area contributed by atoms with Crippen molar-refractivity contribution in [1.29, 1.82) is 10.8 Å². The van der Waals surface area contributed by atoms with Crippen LogP contribution in [0.15, 0.2) is 0 Å². The average molecular weight is 120 g/mol. The molecular weight excluding hydrogens is 116 g/mol. The van der Waals surface area contributed by atoms with E-state index in [1.807, 2.05) is 0 Å². The quantitative estimate of drug-likeness (QED) is 0.225. The lowest BCUT2D eigenvalue weighted by Gasteiger charge is -1.81. The van der Waals surface area contributed by atoms with Crippen LogP contribution in [0.2, 0.25) is 0 Å². The molecule has 0 bridgehead atoms. The molecule has 0 aromatic carbocycles. The molecule has 2 nitrogen and oxygen atoms in total. The Morgan fingerprint density at radius 2 is 1.17 bits per heavy atom. The lowest BCUT2D eigenvalue weighted by Crippen LogP contribution is -1.92. The van der Waals surface area contributed by atoms with E-state index in [0.29, 0.717) is 0 Å². The van der Waals surface area contributed by atoms with Gasteiger partial charge in [-0.2, -0.15) is 0 Å². The second-order valence-electron chi connectivity index (χ2n) is 0.697. The van der Waals surface area contributed by atoms with Gasteiger partial charge in [-0.05, 0) is 0 Å². The summed E-state index contributed by atoms with van der Waals surface area (Å²) in [5.74, 6) is 0. The van der Waals surface area contributed by atoms with Gasteiger partial charge >= 0.3 is 0 Å². The van der Waals surface area contributed by atoms with Crippen LogP contribution in [0.5, 0.6) is 0 Å². The molecule has 0 aliphatic rings. The smallest absolute Gasteiger partial charge is 0.116 e. The third-order valence-corrected chi connectivity index (χ3v) is 0.848. The highest BCUT2D eigenvalue weighted by Gasteiger charge is 1.86. The molecule has 0 aliphatic heterocycles. The van der Waals surface area contributed by atoms with Gasteiger partial charge in [0, 0.05) is 0 Å². The molecule has 0 unspecified atom stereocenters. The van der Waals surface area contributed by atoms with Crippen LogP contribution in [0.3, 0.4) is 0 Å². The Bertz CT molecular complexity index is 75.5. The first-order valence-corrected chi connectivity index (χ1v) is 2.09. The maximum atomic E-state index is 6.51. The summed E-state index contributed by atoms with van der Waals surface area (Å²) < 4.78 is 0. The van der Waals surface area contributed by atoms with Crippen molar-refractivity contribution in [3.8, 4) is 0 Å². The molecule has 0 radical (unpaired) electrons. The van der Waals surface area contributed by atoms with Crippen LogP contribution < -0.4 is 0 Å². The summed E-state index contributed by atoms with van der Waals surface area (Å²) in [7, 11) is 0. The van der Waals surface area contributed by atoms with Crippen molar-refractivity contribution >= 4 is 35.3 Å². The van der Waals surface area contributed by atoms with Crippen LogP contribution in [0.1, 0.15) is 0 Å². The van der Waals surface area contributed by atoms with Gasteiger partial charge in [-0.3, -0.25) is 10.8 Å². The zero-order valence-electron chi connectivity index (χ0n) is 2.89. The van der Waals surface area contributed by atoms with Crippen molar-refractivity contribution in [3.63, 3.8) is 0 Å². The van der Waals surface area contributed by atoms with Gasteiger partial charge in [0.05, 0.1) is 0 Å². The summed E-state index contributed by atoms with van der Waals surface area (Å²) in [5, 5.41) is 12.8. The largest absolute Gasteiger partial charge is 0.292 e. The third-order valence-electron chi connectivity index (χ3n) is 0.224. The van der Waals surface area contributed by atoms with Crippen molar-refractivity contribution in [2.75, 3.05) is 0 Å². The lowest BCUT2D eigenvalue weighted by molar-refractivity contribution is 1.54. The highest BCUT2D eigenvalue weighted by molar-refractivity contribution is 8.09. The van der Waals surface area contributed by atoms with Crippen molar-refractivity contribution < 1.29 is 0 Å². The normalized spacial score (nSPS) is 7.67. The van der Waals surface area contributed by atoms with Gasteiger partial charge < -0.3 is 0 Å². The first-order valence-electron chi connectivity index (χ1n) is 1.20. The fraction of sp³-hybridized carbons (Fsp3) is 0. The monoisotopic (exact) mass is 120 g/mol. The Labute approximate surface area is 46.8 Å². The summed E-state index contributed by atoms with van der Waals surface area (Å²) in [5.41, 5.74) is 0. The molecule has 0 fully saturated rings. The molecule has 0 amide bonds. The SMILES string of the molecule is N=C(S)C(=N)S. The van der Waals surface area contributed by atoms with E-state index in [-0.39, 0.29) is 10.1 Å². The van der Waals surface area contributed by atoms with Crippen LogP contribution >= 0.6 is 25.3 Å². The Morgan fingerprint density at radius 3 is 1.17 bits per heavy atom. The van der Waals surface area contributed by atoms with Gasteiger partial charge in [-0.15, -0.1) is 25.3 Å². The first-order chi connectivity index (χ1) is 2.64. The molecule has 6 heavy (non-hydrogen) atoms. The molecule has 0 spiro atoms. The highest BCUT2D eigenvalue weighted by Crippen LogP contribution is 1.85. The molecule has 34 valence electrons. The molecule has 4 heteroatoms. The minimum atomic E-state index is -0.0988. The Morgan fingerprint density at radius 1 is 1.00 bits per heavy atom. The fourth-order valence-electron chi connectivity index (χ4n) is 0. The molecule has 0 aromatic heterocycles.